The van der Waals surface area contributed by atoms with Crippen LogP contribution >= 0.6 is 22.9 Å². The van der Waals surface area contributed by atoms with Crippen LogP contribution in [0.5, 0.6) is 5.75 Å². The number of anilines is 1. The Morgan fingerprint density at radius 3 is 2.71 bits per heavy atom. The molecule has 2 aromatic heterocycles. The average Bonchev–Trinajstić information content (AvgIpc) is 2.88. The first kappa shape index (κ1) is 13.8. The lowest BCUT2D eigenvalue weighted by Gasteiger charge is -2.09. The quantitative estimate of drug-likeness (QED) is 0.755. The summed E-state index contributed by atoms with van der Waals surface area (Å²) in [7, 11) is 0. The molecule has 0 saturated heterocycles. The van der Waals surface area contributed by atoms with Crippen LogP contribution in [0.3, 0.4) is 0 Å². The van der Waals surface area contributed by atoms with Gasteiger partial charge in [-0.25, -0.2) is 9.97 Å². The van der Waals surface area contributed by atoms with E-state index in [1.54, 1.807) is 17.6 Å². The number of thiazole rings is 1. The number of nitrogen functional groups attached to an aromatic ring is 1. The Bertz CT molecular complexity index is 818. The molecule has 0 radical (unpaired) electrons. The fourth-order valence-corrected chi connectivity index (χ4v) is 2.93. The molecule has 0 aliphatic heterocycles. The Labute approximate surface area is 130 Å². The molecule has 0 atom stereocenters. The van der Waals surface area contributed by atoms with E-state index in [1.165, 1.54) is 23.6 Å². The number of hydrogen-bond acceptors (Lipinski definition) is 6. The zero-order chi connectivity index (χ0) is 15.0. The van der Waals surface area contributed by atoms with Crippen LogP contribution in [0.4, 0.5) is 5.82 Å². The Morgan fingerprint density at radius 1 is 1.24 bits per heavy atom. The van der Waals surface area contributed by atoms with Crippen LogP contribution in [0.15, 0.2) is 29.9 Å². The van der Waals surface area contributed by atoms with Gasteiger partial charge in [0, 0.05) is 5.56 Å². The lowest BCUT2D eigenvalue weighted by molar-refractivity contribution is 0.475. The van der Waals surface area contributed by atoms with Gasteiger partial charge < -0.3 is 10.8 Å². The molecular formula is C14H11ClN4OS. The number of rotatable bonds is 2. The van der Waals surface area contributed by atoms with E-state index in [4.69, 9.17) is 17.3 Å². The van der Waals surface area contributed by atoms with Gasteiger partial charge in [0.05, 0.1) is 33.0 Å². The molecule has 0 spiro atoms. The number of benzene rings is 1. The molecule has 0 saturated carbocycles. The predicted molar refractivity (Wildman–Crippen MR) is 84.4 cm³/mol. The van der Waals surface area contributed by atoms with Crippen molar-refractivity contribution in [2.75, 3.05) is 5.73 Å². The molecule has 106 valence electrons. The van der Waals surface area contributed by atoms with Crippen molar-refractivity contribution in [1.29, 1.82) is 0 Å². The molecule has 0 amide bonds. The fourth-order valence-electron chi connectivity index (χ4n) is 1.96. The van der Waals surface area contributed by atoms with Gasteiger partial charge in [-0.2, -0.15) is 0 Å². The van der Waals surface area contributed by atoms with E-state index in [0.717, 1.165) is 16.1 Å². The second-order valence-electron chi connectivity index (χ2n) is 4.43. The maximum atomic E-state index is 9.54. The first-order valence-corrected chi connectivity index (χ1v) is 7.34. The van der Waals surface area contributed by atoms with E-state index in [0.29, 0.717) is 17.2 Å². The largest absolute Gasteiger partial charge is 0.506 e. The van der Waals surface area contributed by atoms with Crippen LogP contribution in [0.25, 0.3) is 21.8 Å². The molecule has 0 unspecified atom stereocenters. The highest BCUT2D eigenvalue weighted by atomic mass is 35.5. The van der Waals surface area contributed by atoms with E-state index in [9.17, 15) is 5.11 Å². The van der Waals surface area contributed by atoms with Crippen molar-refractivity contribution in [2.24, 2.45) is 0 Å². The summed E-state index contributed by atoms with van der Waals surface area (Å²) in [5.41, 5.74) is 10.5. The van der Waals surface area contributed by atoms with Gasteiger partial charge in [-0.3, -0.25) is 4.98 Å². The number of aromatic hydroxyl groups is 1. The van der Waals surface area contributed by atoms with Crippen LogP contribution in [-0.2, 0) is 0 Å². The van der Waals surface area contributed by atoms with Gasteiger partial charge in [0.15, 0.2) is 0 Å². The monoisotopic (exact) mass is 318 g/mol. The van der Waals surface area contributed by atoms with E-state index >= 15 is 0 Å². The summed E-state index contributed by atoms with van der Waals surface area (Å²) < 4.78 is 0. The summed E-state index contributed by atoms with van der Waals surface area (Å²) in [6.07, 6.45) is 1.50. The lowest BCUT2D eigenvalue weighted by atomic mass is 10.1. The minimum atomic E-state index is 0.0272. The van der Waals surface area contributed by atoms with E-state index in [1.807, 2.05) is 6.92 Å². The first-order valence-electron chi connectivity index (χ1n) is 6.08. The number of phenolic OH excluding ortho intramolecular Hbond substituents is 1. The van der Waals surface area contributed by atoms with Gasteiger partial charge >= 0.3 is 0 Å². The Morgan fingerprint density at radius 2 is 2.05 bits per heavy atom. The van der Waals surface area contributed by atoms with Gasteiger partial charge in [0.1, 0.15) is 17.3 Å². The summed E-state index contributed by atoms with van der Waals surface area (Å²) in [5.74, 6) is 0.366. The standard InChI is InChI=1S/C14H11ClN4OS/c1-7-14(21-6-18-7)13-12(17-5-11(16)19-13)8-2-3-10(20)9(15)4-8/h2-6,20H,1H3,(H2,16,19). The summed E-state index contributed by atoms with van der Waals surface area (Å²) in [6.45, 7) is 1.91. The smallest absolute Gasteiger partial charge is 0.142 e. The van der Waals surface area contributed by atoms with Crippen molar-refractivity contribution >= 4 is 28.8 Å². The number of aryl methyl sites for hydroxylation is 1. The lowest BCUT2D eigenvalue weighted by Crippen LogP contribution is -1.98. The number of hydrogen-bond donors (Lipinski definition) is 2. The second-order valence-corrected chi connectivity index (χ2v) is 5.69. The zero-order valence-corrected chi connectivity index (χ0v) is 12.6. The molecule has 3 aromatic rings. The molecule has 2 heterocycles. The topological polar surface area (TPSA) is 84.9 Å². The van der Waals surface area contributed by atoms with Crippen molar-refractivity contribution in [3.8, 4) is 27.6 Å². The van der Waals surface area contributed by atoms with Crippen molar-refractivity contribution in [2.45, 2.75) is 6.92 Å². The predicted octanol–water partition coefficient (Wildman–Crippen LogP) is 3.52. The number of phenols is 1. The Kier molecular flexibility index (Phi) is 3.48. The molecule has 5 nitrogen and oxygen atoms in total. The van der Waals surface area contributed by atoms with Crippen LogP contribution in [0.1, 0.15) is 5.69 Å². The highest BCUT2D eigenvalue weighted by molar-refractivity contribution is 7.13. The molecule has 3 N–H and O–H groups in total. The van der Waals surface area contributed by atoms with Crippen molar-refractivity contribution in [3.63, 3.8) is 0 Å². The molecule has 0 aliphatic rings. The molecule has 0 fully saturated rings. The maximum absolute atomic E-state index is 9.54. The van der Waals surface area contributed by atoms with Crippen molar-refractivity contribution in [1.82, 2.24) is 15.0 Å². The molecule has 1 aromatic carbocycles. The zero-order valence-electron chi connectivity index (χ0n) is 11.0. The molecule has 0 bridgehead atoms. The van der Waals surface area contributed by atoms with Crippen LogP contribution < -0.4 is 5.73 Å². The van der Waals surface area contributed by atoms with Crippen LogP contribution in [0.2, 0.25) is 5.02 Å². The second kappa shape index (κ2) is 5.31. The number of halogens is 1. The molecule has 3 rings (SSSR count). The molecule has 0 aliphatic carbocycles. The van der Waals surface area contributed by atoms with Gasteiger partial charge in [0.2, 0.25) is 0 Å². The Balaban J connectivity index is 2.23. The van der Waals surface area contributed by atoms with Gasteiger partial charge in [-0.15, -0.1) is 11.3 Å². The third kappa shape index (κ3) is 2.55. The van der Waals surface area contributed by atoms with Crippen molar-refractivity contribution in [3.05, 3.63) is 40.6 Å². The molecule has 21 heavy (non-hydrogen) atoms. The minimum Gasteiger partial charge on any atom is -0.506 e. The summed E-state index contributed by atoms with van der Waals surface area (Å²) in [6, 6.07) is 4.91. The highest BCUT2D eigenvalue weighted by Gasteiger charge is 2.16. The minimum absolute atomic E-state index is 0.0272. The summed E-state index contributed by atoms with van der Waals surface area (Å²) >= 11 is 7.45. The van der Waals surface area contributed by atoms with Crippen LogP contribution in [-0.4, -0.2) is 20.1 Å². The van der Waals surface area contributed by atoms with E-state index in [2.05, 4.69) is 15.0 Å². The maximum Gasteiger partial charge on any atom is 0.142 e. The molecule has 7 heteroatoms. The van der Waals surface area contributed by atoms with Gasteiger partial charge in [0.25, 0.3) is 0 Å². The summed E-state index contributed by atoms with van der Waals surface area (Å²) in [4.78, 5) is 13.9. The van der Waals surface area contributed by atoms with Crippen LogP contribution in [0, 0.1) is 6.92 Å². The van der Waals surface area contributed by atoms with Crippen molar-refractivity contribution < 1.29 is 5.11 Å². The normalized spacial score (nSPS) is 10.8. The van der Waals surface area contributed by atoms with Gasteiger partial charge in [-0.05, 0) is 25.1 Å². The van der Waals surface area contributed by atoms with E-state index < -0.39 is 0 Å². The third-order valence-corrected chi connectivity index (χ3v) is 4.21. The molecular weight excluding hydrogens is 308 g/mol. The van der Waals surface area contributed by atoms with Gasteiger partial charge in [-0.1, -0.05) is 11.6 Å². The summed E-state index contributed by atoms with van der Waals surface area (Å²) in [5, 5.41) is 9.80. The highest BCUT2D eigenvalue weighted by Crippen LogP contribution is 2.36. The number of nitrogens with two attached hydrogens (primary N) is 1. The third-order valence-electron chi connectivity index (χ3n) is 2.97. The van der Waals surface area contributed by atoms with E-state index in [-0.39, 0.29) is 10.8 Å². The fraction of sp³-hybridized carbons (Fsp3) is 0.0714. The first-order chi connectivity index (χ1) is 10.1. The SMILES string of the molecule is Cc1ncsc1-c1nc(N)cnc1-c1ccc(O)c(Cl)c1. The Hall–Kier alpha value is -2.18. The number of aromatic nitrogens is 3. The average molecular weight is 319 g/mol. The number of nitrogens with zero attached hydrogens (tertiary/aromatic N) is 3.